The van der Waals surface area contributed by atoms with Gasteiger partial charge < -0.3 is 10.6 Å². The van der Waals surface area contributed by atoms with Crippen LogP contribution in [0.25, 0.3) is 0 Å². The number of nitrogen functional groups attached to an aromatic ring is 1. The van der Waals surface area contributed by atoms with Crippen LogP contribution in [0, 0.1) is 18.7 Å². The number of anilines is 2. The van der Waals surface area contributed by atoms with Crippen molar-refractivity contribution in [1.82, 2.24) is 0 Å². The second-order valence-electron chi connectivity index (χ2n) is 5.31. The molecule has 1 fully saturated rings. The minimum absolute atomic E-state index is 0.216. The zero-order chi connectivity index (χ0) is 12.6. The molecule has 2 nitrogen and oxygen atoms in total. The van der Waals surface area contributed by atoms with Crippen LogP contribution in [-0.4, -0.2) is 12.6 Å². The second-order valence-corrected chi connectivity index (χ2v) is 5.31. The van der Waals surface area contributed by atoms with Crippen LogP contribution in [0.3, 0.4) is 0 Å². The second kappa shape index (κ2) is 4.55. The van der Waals surface area contributed by atoms with Crippen molar-refractivity contribution >= 4 is 11.4 Å². The molecule has 0 saturated carbocycles. The summed E-state index contributed by atoms with van der Waals surface area (Å²) in [5, 5.41) is 0. The summed E-state index contributed by atoms with van der Waals surface area (Å²) in [6.45, 7) is 7.28. The summed E-state index contributed by atoms with van der Waals surface area (Å²) in [4.78, 5) is 2.34. The van der Waals surface area contributed by atoms with Crippen molar-refractivity contribution in [3.63, 3.8) is 0 Å². The predicted molar refractivity (Wildman–Crippen MR) is 70.8 cm³/mol. The maximum absolute atomic E-state index is 13.4. The first-order chi connectivity index (χ1) is 8.00. The predicted octanol–water partition coefficient (Wildman–Crippen LogP) is 3.34. The molecule has 0 bridgehead atoms. The Hall–Kier alpha value is -1.25. The van der Waals surface area contributed by atoms with Crippen LogP contribution in [0.4, 0.5) is 15.8 Å². The van der Waals surface area contributed by atoms with E-state index < -0.39 is 0 Å². The van der Waals surface area contributed by atoms with Gasteiger partial charge >= 0.3 is 0 Å². The fourth-order valence-electron chi connectivity index (χ4n) is 2.72. The lowest BCUT2D eigenvalue weighted by Crippen LogP contribution is -2.33. The van der Waals surface area contributed by atoms with Crippen LogP contribution < -0.4 is 10.6 Å². The maximum Gasteiger partial charge on any atom is 0.128 e. The first-order valence-electron chi connectivity index (χ1n) is 6.33. The van der Waals surface area contributed by atoms with Gasteiger partial charge in [0, 0.05) is 12.6 Å². The van der Waals surface area contributed by atoms with E-state index in [2.05, 4.69) is 18.7 Å². The highest BCUT2D eigenvalue weighted by atomic mass is 19.1. The van der Waals surface area contributed by atoms with E-state index in [9.17, 15) is 4.39 Å². The first kappa shape index (κ1) is 12.2. The smallest absolute Gasteiger partial charge is 0.128 e. The van der Waals surface area contributed by atoms with E-state index in [0.29, 0.717) is 23.2 Å². The quantitative estimate of drug-likeness (QED) is 0.798. The molecule has 1 saturated heterocycles. The Balaban J connectivity index is 2.36. The molecule has 1 heterocycles. The van der Waals surface area contributed by atoms with Crippen molar-refractivity contribution in [3.05, 3.63) is 23.5 Å². The van der Waals surface area contributed by atoms with Gasteiger partial charge in [0.05, 0.1) is 11.4 Å². The molecule has 0 aliphatic carbocycles. The maximum atomic E-state index is 13.4. The fourth-order valence-corrected chi connectivity index (χ4v) is 2.72. The highest BCUT2D eigenvalue weighted by Crippen LogP contribution is 2.34. The number of hydrogen-bond acceptors (Lipinski definition) is 2. The zero-order valence-electron chi connectivity index (χ0n) is 10.8. The van der Waals surface area contributed by atoms with Gasteiger partial charge in [-0.15, -0.1) is 0 Å². The van der Waals surface area contributed by atoms with Gasteiger partial charge in [0.2, 0.25) is 0 Å². The number of rotatable bonds is 2. The Morgan fingerprint density at radius 3 is 2.76 bits per heavy atom. The topological polar surface area (TPSA) is 29.3 Å². The fraction of sp³-hybridized carbons (Fsp3) is 0.571. The Morgan fingerprint density at radius 2 is 2.12 bits per heavy atom. The number of benzene rings is 1. The SMILES string of the molecule is Cc1cc(N2CCCC2C(C)C)c(N)cc1F. The highest BCUT2D eigenvalue weighted by Gasteiger charge is 2.28. The summed E-state index contributed by atoms with van der Waals surface area (Å²) in [5.74, 6) is 0.383. The Kier molecular flexibility index (Phi) is 3.27. The van der Waals surface area contributed by atoms with E-state index in [4.69, 9.17) is 5.73 Å². The highest BCUT2D eigenvalue weighted by molar-refractivity contribution is 5.69. The normalized spacial score (nSPS) is 20.3. The molecule has 2 rings (SSSR count). The van der Waals surface area contributed by atoms with E-state index in [-0.39, 0.29) is 5.82 Å². The molecule has 0 radical (unpaired) electrons. The molecular formula is C14H21FN2. The third-order valence-electron chi connectivity index (χ3n) is 3.69. The van der Waals surface area contributed by atoms with E-state index in [1.807, 2.05) is 6.07 Å². The molecule has 2 N–H and O–H groups in total. The number of nitrogens with two attached hydrogens (primary N) is 1. The summed E-state index contributed by atoms with van der Waals surface area (Å²) in [5.41, 5.74) is 8.18. The average Bonchev–Trinajstić information content (AvgIpc) is 2.72. The number of nitrogens with zero attached hydrogens (tertiary/aromatic N) is 1. The Bertz CT molecular complexity index is 415. The van der Waals surface area contributed by atoms with Crippen LogP contribution in [0.2, 0.25) is 0 Å². The van der Waals surface area contributed by atoms with E-state index >= 15 is 0 Å². The lowest BCUT2D eigenvalue weighted by molar-refractivity contribution is 0.492. The van der Waals surface area contributed by atoms with Gasteiger partial charge in [-0.3, -0.25) is 0 Å². The van der Waals surface area contributed by atoms with E-state index in [1.54, 1.807) is 6.92 Å². The summed E-state index contributed by atoms with van der Waals surface area (Å²) >= 11 is 0. The third-order valence-corrected chi connectivity index (χ3v) is 3.69. The molecular weight excluding hydrogens is 215 g/mol. The molecule has 94 valence electrons. The van der Waals surface area contributed by atoms with Crippen molar-refractivity contribution in [2.75, 3.05) is 17.2 Å². The van der Waals surface area contributed by atoms with Crippen LogP contribution in [0.15, 0.2) is 12.1 Å². The molecule has 1 aliphatic heterocycles. The van der Waals surface area contributed by atoms with Crippen molar-refractivity contribution in [2.24, 2.45) is 5.92 Å². The monoisotopic (exact) mass is 236 g/mol. The lowest BCUT2D eigenvalue weighted by Gasteiger charge is -2.31. The van der Waals surface area contributed by atoms with Crippen LogP contribution in [0.5, 0.6) is 0 Å². The van der Waals surface area contributed by atoms with Crippen molar-refractivity contribution in [1.29, 1.82) is 0 Å². The van der Waals surface area contributed by atoms with E-state index in [1.165, 1.54) is 18.9 Å². The van der Waals surface area contributed by atoms with Gasteiger partial charge in [-0.1, -0.05) is 13.8 Å². The largest absolute Gasteiger partial charge is 0.397 e. The molecule has 0 spiro atoms. The molecule has 1 aromatic rings. The minimum Gasteiger partial charge on any atom is -0.397 e. The molecule has 0 aromatic heterocycles. The summed E-state index contributed by atoms with van der Waals surface area (Å²) < 4.78 is 13.4. The summed E-state index contributed by atoms with van der Waals surface area (Å²) in [6.07, 6.45) is 2.40. The van der Waals surface area contributed by atoms with E-state index in [0.717, 1.165) is 12.2 Å². The lowest BCUT2D eigenvalue weighted by atomic mass is 10.0. The Morgan fingerprint density at radius 1 is 1.41 bits per heavy atom. The average molecular weight is 236 g/mol. The zero-order valence-corrected chi connectivity index (χ0v) is 10.8. The van der Waals surface area contributed by atoms with Crippen LogP contribution >= 0.6 is 0 Å². The molecule has 1 aliphatic rings. The minimum atomic E-state index is -0.216. The standard InChI is InChI=1S/C14H21FN2/c1-9(2)13-5-4-6-17(13)14-7-10(3)11(15)8-12(14)16/h7-9,13H,4-6,16H2,1-3H3. The van der Waals surface area contributed by atoms with Crippen molar-refractivity contribution < 1.29 is 4.39 Å². The molecule has 1 unspecified atom stereocenters. The summed E-state index contributed by atoms with van der Waals surface area (Å²) in [6, 6.07) is 3.85. The number of halogens is 1. The summed E-state index contributed by atoms with van der Waals surface area (Å²) in [7, 11) is 0. The number of hydrogen-bond donors (Lipinski definition) is 1. The number of aryl methyl sites for hydroxylation is 1. The van der Waals surface area contributed by atoms with Gasteiger partial charge in [-0.25, -0.2) is 4.39 Å². The first-order valence-corrected chi connectivity index (χ1v) is 6.33. The van der Waals surface area contributed by atoms with Gasteiger partial charge in [0.15, 0.2) is 0 Å². The van der Waals surface area contributed by atoms with Crippen molar-refractivity contribution in [3.8, 4) is 0 Å². The van der Waals surface area contributed by atoms with Crippen molar-refractivity contribution in [2.45, 2.75) is 39.7 Å². The van der Waals surface area contributed by atoms with Gasteiger partial charge in [-0.05, 0) is 43.4 Å². The third kappa shape index (κ3) is 2.24. The molecule has 3 heteroatoms. The van der Waals surface area contributed by atoms with Crippen LogP contribution in [0.1, 0.15) is 32.3 Å². The van der Waals surface area contributed by atoms with Gasteiger partial charge in [0.1, 0.15) is 5.82 Å². The Labute approximate surface area is 103 Å². The van der Waals surface area contributed by atoms with Crippen LogP contribution in [-0.2, 0) is 0 Å². The molecule has 17 heavy (non-hydrogen) atoms. The molecule has 0 amide bonds. The molecule has 1 atom stereocenters. The van der Waals surface area contributed by atoms with Gasteiger partial charge in [-0.2, -0.15) is 0 Å². The van der Waals surface area contributed by atoms with Gasteiger partial charge in [0.25, 0.3) is 0 Å². The molecule has 1 aromatic carbocycles.